The van der Waals surface area contributed by atoms with Crippen molar-refractivity contribution in [1.82, 2.24) is 10.5 Å². The van der Waals surface area contributed by atoms with Crippen molar-refractivity contribution in [2.24, 2.45) is 0 Å². The summed E-state index contributed by atoms with van der Waals surface area (Å²) in [5.41, 5.74) is 1.71. The van der Waals surface area contributed by atoms with Crippen LogP contribution in [-0.4, -0.2) is 25.2 Å². The summed E-state index contributed by atoms with van der Waals surface area (Å²) >= 11 is 0. The van der Waals surface area contributed by atoms with Crippen molar-refractivity contribution in [3.8, 4) is 5.88 Å². The lowest BCUT2D eigenvalue weighted by Gasteiger charge is -2.08. The molecule has 0 fully saturated rings. The van der Waals surface area contributed by atoms with Gasteiger partial charge in [0, 0.05) is 25.7 Å². The van der Waals surface area contributed by atoms with Gasteiger partial charge >= 0.3 is 6.18 Å². The van der Waals surface area contributed by atoms with Gasteiger partial charge in [-0.3, -0.25) is 0 Å². The molecule has 1 N–H and O–H groups in total. The van der Waals surface area contributed by atoms with Crippen LogP contribution in [0.25, 0.3) is 0 Å². The number of alkyl halides is 3. The highest BCUT2D eigenvalue weighted by atomic mass is 19.4. The van der Waals surface area contributed by atoms with Crippen LogP contribution in [0.5, 0.6) is 5.88 Å². The Morgan fingerprint density at radius 1 is 1.29 bits per heavy atom. The van der Waals surface area contributed by atoms with E-state index in [0.717, 1.165) is 12.3 Å². The third-order valence-corrected chi connectivity index (χ3v) is 1.85. The third-order valence-electron chi connectivity index (χ3n) is 1.85. The first-order chi connectivity index (χ1) is 8.04. The second kappa shape index (κ2) is 6.41. The molecule has 0 unspecified atom stereocenters. The fourth-order valence-corrected chi connectivity index (χ4v) is 1.04. The number of pyridine rings is 1. The Bertz CT molecular complexity index is 327. The predicted octanol–water partition coefficient (Wildman–Crippen LogP) is 2.02. The minimum Gasteiger partial charge on any atom is -0.478 e. The SMILES string of the molecule is CNOCCCOc1ccc(C(F)(F)F)cn1. The Morgan fingerprint density at radius 2 is 2.06 bits per heavy atom. The quantitative estimate of drug-likeness (QED) is 0.619. The Morgan fingerprint density at radius 3 is 2.59 bits per heavy atom. The molecule has 1 aromatic rings. The highest BCUT2D eigenvalue weighted by molar-refractivity contribution is 5.19. The summed E-state index contributed by atoms with van der Waals surface area (Å²) in [7, 11) is 1.64. The van der Waals surface area contributed by atoms with E-state index in [4.69, 9.17) is 9.57 Å². The Kier molecular flexibility index (Phi) is 5.17. The first kappa shape index (κ1) is 13.7. The summed E-state index contributed by atoms with van der Waals surface area (Å²) in [6.45, 7) is 0.789. The second-order valence-electron chi connectivity index (χ2n) is 3.14. The van der Waals surface area contributed by atoms with Crippen LogP contribution in [0.3, 0.4) is 0 Å². The summed E-state index contributed by atoms with van der Waals surface area (Å²) in [4.78, 5) is 8.40. The molecule has 4 nitrogen and oxygen atoms in total. The van der Waals surface area contributed by atoms with E-state index in [2.05, 4.69) is 10.5 Å². The van der Waals surface area contributed by atoms with E-state index < -0.39 is 11.7 Å². The number of aromatic nitrogens is 1. The first-order valence-electron chi connectivity index (χ1n) is 4.98. The molecule has 96 valence electrons. The lowest BCUT2D eigenvalue weighted by atomic mass is 10.3. The van der Waals surface area contributed by atoms with Gasteiger partial charge in [0.25, 0.3) is 0 Å². The van der Waals surface area contributed by atoms with Crippen LogP contribution in [0.4, 0.5) is 13.2 Å². The summed E-state index contributed by atoms with van der Waals surface area (Å²) in [6.07, 6.45) is -3.00. The van der Waals surface area contributed by atoms with E-state index in [-0.39, 0.29) is 5.88 Å². The number of hydroxylamine groups is 1. The molecule has 0 atom stereocenters. The van der Waals surface area contributed by atoms with Gasteiger partial charge in [0.1, 0.15) is 0 Å². The van der Waals surface area contributed by atoms with E-state index >= 15 is 0 Å². The lowest BCUT2D eigenvalue weighted by molar-refractivity contribution is -0.137. The highest BCUT2D eigenvalue weighted by Gasteiger charge is 2.30. The molecule has 0 aliphatic rings. The molecule has 0 aromatic carbocycles. The van der Waals surface area contributed by atoms with Crippen LogP contribution in [-0.2, 0) is 11.0 Å². The molecule has 0 bridgehead atoms. The van der Waals surface area contributed by atoms with Gasteiger partial charge < -0.3 is 9.57 Å². The largest absolute Gasteiger partial charge is 0.478 e. The van der Waals surface area contributed by atoms with Crippen molar-refractivity contribution in [2.45, 2.75) is 12.6 Å². The number of rotatable bonds is 6. The Balaban J connectivity index is 2.36. The smallest absolute Gasteiger partial charge is 0.417 e. The maximum Gasteiger partial charge on any atom is 0.417 e. The molecular weight excluding hydrogens is 237 g/mol. The van der Waals surface area contributed by atoms with Crippen LogP contribution in [0.2, 0.25) is 0 Å². The Hall–Kier alpha value is -1.34. The number of nitrogens with zero attached hydrogens (tertiary/aromatic N) is 1. The highest BCUT2D eigenvalue weighted by Crippen LogP contribution is 2.29. The van der Waals surface area contributed by atoms with Crippen molar-refractivity contribution < 1.29 is 22.7 Å². The summed E-state index contributed by atoms with van der Waals surface area (Å²) in [5, 5.41) is 0. The zero-order valence-electron chi connectivity index (χ0n) is 9.25. The second-order valence-corrected chi connectivity index (χ2v) is 3.14. The number of hydrogen-bond donors (Lipinski definition) is 1. The zero-order chi connectivity index (χ0) is 12.7. The van der Waals surface area contributed by atoms with Gasteiger partial charge in [-0.2, -0.15) is 13.2 Å². The third kappa shape index (κ3) is 5.01. The lowest BCUT2D eigenvalue weighted by Crippen LogP contribution is -2.11. The minimum absolute atomic E-state index is 0.169. The molecule has 0 aliphatic carbocycles. The standard InChI is InChI=1S/C10H13F3N2O2/c1-14-17-6-2-5-16-9-4-3-8(7-15-9)10(11,12)13/h3-4,7,14H,2,5-6H2,1H3. The normalized spacial score (nSPS) is 11.5. The van der Waals surface area contributed by atoms with Gasteiger partial charge in [0.2, 0.25) is 5.88 Å². The van der Waals surface area contributed by atoms with Crippen LogP contribution < -0.4 is 10.2 Å². The number of nitrogens with one attached hydrogen (secondary N) is 1. The maximum absolute atomic E-state index is 12.2. The molecular formula is C10H13F3N2O2. The first-order valence-corrected chi connectivity index (χ1v) is 4.98. The van der Waals surface area contributed by atoms with Crippen molar-refractivity contribution in [2.75, 3.05) is 20.3 Å². The van der Waals surface area contributed by atoms with Gasteiger partial charge in [-0.05, 0) is 6.07 Å². The van der Waals surface area contributed by atoms with E-state index in [1.807, 2.05) is 0 Å². The van der Waals surface area contributed by atoms with Crippen molar-refractivity contribution in [3.05, 3.63) is 23.9 Å². The van der Waals surface area contributed by atoms with Gasteiger partial charge in [-0.15, -0.1) is 0 Å². The molecule has 7 heteroatoms. The molecule has 0 spiro atoms. The molecule has 0 aliphatic heterocycles. The topological polar surface area (TPSA) is 43.4 Å². The number of halogens is 3. The molecule has 1 rings (SSSR count). The predicted molar refractivity (Wildman–Crippen MR) is 54.4 cm³/mol. The molecule has 0 saturated heterocycles. The monoisotopic (exact) mass is 250 g/mol. The van der Waals surface area contributed by atoms with Crippen LogP contribution in [0.15, 0.2) is 18.3 Å². The van der Waals surface area contributed by atoms with E-state index in [1.165, 1.54) is 6.07 Å². The molecule has 1 heterocycles. The van der Waals surface area contributed by atoms with Crippen LogP contribution in [0, 0.1) is 0 Å². The molecule has 17 heavy (non-hydrogen) atoms. The number of hydrogen-bond acceptors (Lipinski definition) is 4. The average Bonchev–Trinajstić information content (AvgIpc) is 2.28. The van der Waals surface area contributed by atoms with E-state index in [9.17, 15) is 13.2 Å². The molecule has 0 radical (unpaired) electrons. The van der Waals surface area contributed by atoms with Gasteiger partial charge in [0.15, 0.2) is 0 Å². The minimum atomic E-state index is -4.37. The van der Waals surface area contributed by atoms with Crippen molar-refractivity contribution >= 4 is 0 Å². The van der Waals surface area contributed by atoms with E-state index in [1.54, 1.807) is 7.05 Å². The van der Waals surface area contributed by atoms with Crippen molar-refractivity contribution in [3.63, 3.8) is 0 Å². The number of ether oxygens (including phenoxy) is 1. The fraction of sp³-hybridized carbons (Fsp3) is 0.500. The Labute approximate surface area is 96.7 Å². The molecule has 0 saturated carbocycles. The average molecular weight is 250 g/mol. The zero-order valence-corrected chi connectivity index (χ0v) is 9.25. The summed E-state index contributed by atoms with van der Waals surface area (Å²) in [5.74, 6) is 0.169. The van der Waals surface area contributed by atoms with Gasteiger partial charge in [-0.1, -0.05) is 0 Å². The molecule has 0 amide bonds. The fourth-order valence-electron chi connectivity index (χ4n) is 1.04. The summed E-state index contributed by atoms with van der Waals surface area (Å²) in [6, 6.07) is 2.13. The van der Waals surface area contributed by atoms with Crippen LogP contribution >= 0.6 is 0 Å². The summed E-state index contributed by atoms with van der Waals surface area (Å²) < 4.78 is 41.8. The van der Waals surface area contributed by atoms with E-state index in [0.29, 0.717) is 19.6 Å². The van der Waals surface area contributed by atoms with Crippen LogP contribution in [0.1, 0.15) is 12.0 Å². The maximum atomic E-state index is 12.2. The molecule has 1 aromatic heterocycles. The van der Waals surface area contributed by atoms with Crippen molar-refractivity contribution in [1.29, 1.82) is 0 Å². The van der Waals surface area contributed by atoms with Gasteiger partial charge in [0.05, 0.1) is 18.8 Å². The van der Waals surface area contributed by atoms with Gasteiger partial charge in [-0.25, -0.2) is 10.5 Å².